The normalized spacial score (nSPS) is 15.0. The van der Waals surface area contributed by atoms with Crippen LogP contribution in [-0.4, -0.2) is 37.6 Å². The molecule has 0 aromatic heterocycles. The highest BCUT2D eigenvalue weighted by Crippen LogP contribution is 2.48. The van der Waals surface area contributed by atoms with E-state index in [1.807, 2.05) is 48.2 Å². The Hall–Kier alpha value is -1.78. The summed E-state index contributed by atoms with van der Waals surface area (Å²) >= 11 is 1.72. The summed E-state index contributed by atoms with van der Waals surface area (Å²) in [6.45, 7) is 2.00. The molecule has 0 saturated carbocycles. The minimum Gasteiger partial charge on any atom is -0.321 e. The lowest BCUT2D eigenvalue weighted by Gasteiger charge is -2.37. The second kappa shape index (κ2) is 5.45. The van der Waals surface area contributed by atoms with E-state index in [4.69, 9.17) is 0 Å². The Labute approximate surface area is 136 Å². The van der Waals surface area contributed by atoms with Crippen molar-refractivity contribution >= 4 is 29.0 Å². The zero-order valence-corrected chi connectivity index (χ0v) is 14.2. The molecule has 1 atom stereocenters. The predicted octanol–water partition coefficient (Wildman–Crippen LogP) is 3.91. The van der Waals surface area contributed by atoms with Gasteiger partial charge in [0, 0.05) is 9.79 Å². The first kappa shape index (κ1) is 15.1. The maximum atomic E-state index is 13.2. The molecule has 0 aliphatic carbocycles. The second-order valence-electron chi connectivity index (χ2n) is 6.50. The third-order valence-corrected chi connectivity index (χ3v) is 5.30. The first-order valence-corrected chi connectivity index (χ1v) is 8.22. The largest absolute Gasteiger partial charge is 0.321 e. The molecule has 22 heavy (non-hydrogen) atoms. The van der Waals surface area contributed by atoms with Crippen LogP contribution < -0.4 is 4.90 Å². The van der Waals surface area contributed by atoms with E-state index < -0.39 is 0 Å². The predicted molar refractivity (Wildman–Crippen MR) is 91.6 cm³/mol. The Morgan fingerprint density at radius 2 is 1.41 bits per heavy atom. The molecule has 1 amide bonds. The van der Waals surface area contributed by atoms with Crippen LogP contribution in [0.1, 0.15) is 6.92 Å². The number of fused-ring (bicyclic) bond motifs is 2. The Kier molecular flexibility index (Phi) is 3.75. The molecule has 3 nitrogen and oxygen atoms in total. The quantitative estimate of drug-likeness (QED) is 0.784. The van der Waals surface area contributed by atoms with Gasteiger partial charge in [-0.05, 0) is 31.2 Å². The molecule has 3 rings (SSSR count). The fourth-order valence-corrected chi connectivity index (χ4v) is 3.52. The molecule has 1 heterocycles. The number of hydrogen-bond acceptors (Lipinski definition) is 2. The summed E-state index contributed by atoms with van der Waals surface area (Å²) in [5.41, 5.74) is 1.97. The van der Waals surface area contributed by atoms with Gasteiger partial charge in [0.1, 0.15) is 0 Å². The standard InChI is InChI=1S/C18H21N2OS/c1-13(20(2,3)4)18(21)19-14-9-5-7-11-16(14)22-17-12-8-6-10-15(17)19/h5-13H,1-4H3/q+1/t13-/m1/s1. The Morgan fingerprint density at radius 1 is 0.955 bits per heavy atom. The molecule has 0 unspecified atom stereocenters. The first-order chi connectivity index (χ1) is 10.4. The fraction of sp³-hybridized carbons (Fsp3) is 0.278. The van der Waals surface area contributed by atoms with Gasteiger partial charge in [0.2, 0.25) is 0 Å². The lowest BCUT2D eigenvalue weighted by molar-refractivity contribution is -0.884. The molecule has 0 saturated heterocycles. The zero-order valence-electron chi connectivity index (χ0n) is 13.4. The average Bonchev–Trinajstić information content (AvgIpc) is 2.50. The number of carbonyl (C=O) groups is 1. The summed E-state index contributed by atoms with van der Waals surface area (Å²) < 4.78 is 0.604. The van der Waals surface area contributed by atoms with Crippen molar-refractivity contribution < 1.29 is 9.28 Å². The van der Waals surface area contributed by atoms with Gasteiger partial charge in [0.05, 0.1) is 32.5 Å². The van der Waals surface area contributed by atoms with Crippen LogP contribution in [0.4, 0.5) is 11.4 Å². The third-order valence-electron chi connectivity index (χ3n) is 4.17. The topological polar surface area (TPSA) is 20.3 Å². The summed E-state index contributed by atoms with van der Waals surface area (Å²) in [6, 6.07) is 16.1. The van der Waals surface area contributed by atoms with Crippen LogP contribution in [0.2, 0.25) is 0 Å². The van der Waals surface area contributed by atoms with Gasteiger partial charge in [-0.2, -0.15) is 0 Å². The third kappa shape index (κ3) is 2.53. The van der Waals surface area contributed by atoms with Crippen LogP contribution in [0, 0.1) is 0 Å². The number of hydrogen-bond donors (Lipinski definition) is 0. The van der Waals surface area contributed by atoms with Crippen LogP contribution in [0.3, 0.4) is 0 Å². The molecule has 1 aliphatic rings. The van der Waals surface area contributed by atoms with Crippen molar-refractivity contribution in [3.8, 4) is 0 Å². The van der Waals surface area contributed by atoms with Crippen LogP contribution in [0.5, 0.6) is 0 Å². The number of rotatable bonds is 2. The Morgan fingerprint density at radius 3 is 1.86 bits per heavy atom. The highest BCUT2D eigenvalue weighted by atomic mass is 32.2. The number of amides is 1. The number of likely N-dealkylation sites (N-methyl/N-ethyl adjacent to an activating group) is 1. The molecular weight excluding hydrogens is 292 g/mol. The van der Waals surface area contributed by atoms with Gasteiger partial charge in [0.25, 0.3) is 5.91 Å². The summed E-state index contributed by atoms with van der Waals surface area (Å²) in [5.74, 6) is 0.132. The van der Waals surface area contributed by atoms with Gasteiger partial charge < -0.3 is 4.48 Å². The van der Waals surface area contributed by atoms with Crippen LogP contribution >= 0.6 is 11.8 Å². The molecule has 2 aromatic rings. The summed E-state index contributed by atoms with van der Waals surface area (Å²) in [6.07, 6.45) is 0. The van der Waals surface area contributed by atoms with Crippen LogP contribution in [0.15, 0.2) is 58.3 Å². The van der Waals surface area contributed by atoms with E-state index in [0.29, 0.717) is 4.48 Å². The van der Waals surface area contributed by atoms with Crippen molar-refractivity contribution in [2.45, 2.75) is 22.8 Å². The van der Waals surface area contributed by atoms with Crippen LogP contribution in [0.25, 0.3) is 0 Å². The van der Waals surface area contributed by atoms with E-state index in [1.165, 1.54) is 0 Å². The summed E-state index contributed by atoms with van der Waals surface area (Å²) in [7, 11) is 6.16. The first-order valence-electron chi connectivity index (χ1n) is 7.40. The van der Waals surface area contributed by atoms with Crippen molar-refractivity contribution in [2.75, 3.05) is 26.0 Å². The lowest BCUT2D eigenvalue weighted by atomic mass is 10.1. The van der Waals surface area contributed by atoms with E-state index in [0.717, 1.165) is 21.2 Å². The van der Waals surface area contributed by atoms with E-state index >= 15 is 0 Å². The Balaban J connectivity index is 2.13. The molecule has 0 radical (unpaired) electrons. The molecule has 114 valence electrons. The molecule has 1 aliphatic heterocycles. The van der Waals surface area contributed by atoms with E-state index in [1.54, 1.807) is 11.8 Å². The van der Waals surface area contributed by atoms with Crippen molar-refractivity contribution in [3.63, 3.8) is 0 Å². The smallest absolute Gasteiger partial charge is 0.289 e. The molecular formula is C18H21N2OS+. The highest BCUT2D eigenvalue weighted by Gasteiger charge is 2.36. The lowest BCUT2D eigenvalue weighted by Crippen LogP contribution is -2.52. The summed E-state index contributed by atoms with van der Waals surface area (Å²) in [4.78, 5) is 17.3. The second-order valence-corrected chi connectivity index (χ2v) is 7.59. The maximum absolute atomic E-state index is 13.2. The number of carbonyl (C=O) groups excluding carboxylic acids is 1. The number of para-hydroxylation sites is 2. The minimum atomic E-state index is -0.121. The van der Waals surface area contributed by atoms with Gasteiger partial charge in [-0.25, -0.2) is 0 Å². The molecule has 0 fully saturated rings. The van der Waals surface area contributed by atoms with Gasteiger partial charge in [-0.3, -0.25) is 9.69 Å². The molecule has 2 aromatic carbocycles. The number of nitrogens with zero attached hydrogens (tertiary/aromatic N) is 2. The average molecular weight is 313 g/mol. The highest BCUT2D eigenvalue weighted by molar-refractivity contribution is 7.99. The van der Waals surface area contributed by atoms with E-state index in [9.17, 15) is 4.79 Å². The van der Waals surface area contributed by atoms with Crippen LogP contribution in [-0.2, 0) is 4.79 Å². The number of quaternary nitrogens is 1. The molecule has 0 spiro atoms. The van der Waals surface area contributed by atoms with Gasteiger partial charge in [-0.15, -0.1) is 0 Å². The maximum Gasteiger partial charge on any atom is 0.289 e. The van der Waals surface area contributed by atoms with E-state index in [2.05, 4.69) is 33.3 Å². The monoisotopic (exact) mass is 313 g/mol. The molecule has 0 N–H and O–H groups in total. The van der Waals surface area contributed by atoms with Crippen molar-refractivity contribution in [1.82, 2.24) is 0 Å². The molecule has 4 heteroatoms. The van der Waals surface area contributed by atoms with Gasteiger partial charge in [-0.1, -0.05) is 36.0 Å². The minimum absolute atomic E-state index is 0.121. The van der Waals surface area contributed by atoms with Crippen molar-refractivity contribution in [3.05, 3.63) is 48.5 Å². The van der Waals surface area contributed by atoms with Crippen molar-refractivity contribution in [1.29, 1.82) is 0 Å². The van der Waals surface area contributed by atoms with Gasteiger partial charge in [0.15, 0.2) is 6.04 Å². The van der Waals surface area contributed by atoms with Gasteiger partial charge >= 0.3 is 0 Å². The van der Waals surface area contributed by atoms with E-state index in [-0.39, 0.29) is 11.9 Å². The fourth-order valence-electron chi connectivity index (χ4n) is 2.46. The van der Waals surface area contributed by atoms with Crippen molar-refractivity contribution in [2.24, 2.45) is 0 Å². The Bertz CT molecular complexity index is 676. The summed E-state index contributed by atoms with van der Waals surface area (Å²) in [5, 5.41) is 0. The number of anilines is 2. The number of benzene rings is 2. The molecule has 0 bridgehead atoms. The zero-order chi connectivity index (χ0) is 15.9. The SMILES string of the molecule is C[C@H](C(=O)N1c2ccccc2Sc2ccccc21)[N+](C)(C)C.